The average Bonchev–Trinajstić information content (AvgIpc) is 2.09. The third-order valence-corrected chi connectivity index (χ3v) is 3.39. The number of piperazine rings is 1. The van der Waals surface area contributed by atoms with Gasteiger partial charge in [-0.25, -0.2) is 0 Å². The normalized spacial score (nSPS) is 32.8. The molecule has 1 aliphatic heterocycles. The smallest absolute Gasteiger partial charge is 0.0198 e. The molecule has 0 radical (unpaired) electrons. The van der Waals surface area contributed by atoms with Crippen LogP contribution in [0.3, 0.4) is 0 Å². The summed E-state index contributed by atoms with van der Waals surface area (Å²) in [5, 5.41) is 3.48. The molecule has 2 heteroatoms. The zero-order valence-electron chi connectivity index (χ0n) is 10.9. The van der Waals surface area contributed by atoms with Crippen molar-refractivity contribution in [2.45, 2.75) is 71.5 Å². The molecule has 1 aliphatic carbocycles. The highest BCUT2D eigenvalue weighted by Gasteiger charge is 2.33. The third-order valence-electron chi connectivity index (χ3n) is 3.39. The molecule has 2 atom stereocenters. The Hall–Kier alpha value is -0.0800. The van der Waals surface area contributed by atoms with Crippen molar-refractivity contribution < 1.29 is 0 Å². The Morgan fingerprint density at radius 3 is 1.87 bits per heavy atom. The van der Waals surface area contributed by atoms with Crippen molar-refractivity contribution in [3.63, 3.8) is 0 Å². The summed E-state index contributed by atoms with van der Waals surface area (Å²) in [5.74, 6) is 0. The average molecular weight is 212 g/mol. The van der Waals surface area contributed by atoms with Gasteiger partial charge in [0, 0.05) is 31.2 Å². The molecule has 0 spiro atoms. The molecule has 1 saturated heterocycles. The highest BCUT2D eigenvalue weighted by Crippen LogP contribution is 2.28. The zero-order chi connectivity index (χ0) is 11.3. The van der Waals surface area contributed by atoms with Crippen LogP contribution in [-0.2, 0) is 0 Å². The molecule has 2 aliphatic rings. The maximum Gasteiger partial charge on any atom is 0.0198 e. The lowest BCUT2D eigenvalue weighted by atomic mass is 9.88. The van der Waals surface area contributed by atoms with Crippen LogP contribution in [0.25, 0.3) is 0 Å². The Labute approximate surface area is 95.4 Å². The SMILES string of the molecule is CC1CNCC(C)N1C1CCC1.CCC. The first kappa shape index (κ1) is 13.0. The molecule has 2 fully saturated rings. The fraction of sp³-hybridized carbons (Fsp3) is 1.00. The Kier molecular flexibility index (Phi) is 5.62. The van der Waals surface area contributed by atoms with Crippen molar-refractivity contribution in [3.05, 3.63) is 0 Å². The number of nitrogens with zero attached hydrogens (tertiary/aromatic N) is 1. The van der Waals surface area contributed by atoms with E-state index in [0.29, 0.717) is 0 Å². The fourth-order valence-corrected chi connectivity index (χ4v) is 2.55. The van der Waals surface area contributed by atoms with Crippen LogP contribution in [0.1, 0.15) is 53.4 Å². The number of hydrogen-bond donors (Lipinski definition) is 1. The Morgan fingerprint density at radius 2 is 1.53 bits per heavy atom. The van der Waals surface area contributed by atoms with Gasteiger partial charge in [0.25, 0.3) is 0 Å². The van der Waals surface area contributed by atoms with Gasteiger partial charge in [0.15, 0.2) is 0 Å². The fourth-order valence-electron chi connectivity index (χ4n) is 2.55. The van der Waals surface area contributed by atoms with Gasteiger partial charge in [-0.1, -0.05) is 26.7 Å². The molecule has 0 aromatic heterocycles. The van der Waals surface area contributed by atoms with Crippen LogP contribution in [0, 0.1) is 0 Å². The van der Waals surface area contributed by atoms with Crippen LogP contribution in [0.2, 0.25) is 0 Å². The number of rotatable bonds is 1. The van der Waals surface area contributed by atoms with E-state index in [0.717, 1.165) is 18.1 Å². The summed E-state index contributed by atoms with van der Waals surface area (Å²) < 4.78 is 0. The Balaban J connectivity index is 0.000000337. The standard InChI is InChI=1S/C10H20N2.C3H8/c1-8-6-11-7-9(2)12(8)10-4-3-5-10;1-3-2/h8-11H,3-7H2,1-2H3;3H2,1-2H3. The summed E-state index contributed by atoms with van der Waals surface area (Å²) in [6.07, 6.45) is 5.58. The van der Waals surface area contributed by atoms with Crippen LogP contribution in [0.15, 0.2) is 0 Å². The first-order chi connectivity index (χ1) is 7.20. The van der Waals surface area contributed by atoms with Crippen LogP contribution < -0.4 is 5.32 Å². The maximum absolute atomic E-state index is 3.48. The van der Waals surface area contributed by atoms with Crippen LogP contribution in [0.5, 0.6) is 0 Å². The van der Waals surface area contributed by atoms with E-state index in [2.05, 4.69) is 37.9 Å². The molecule has 0 amide bonds. The minimum atomic E-state index is 0.749. The maximum atomic E-state index is 3.48. The Morgan fingerprint density at radius 1 is 1.07 bits per heavy atom. The van der Waals surface area contributed by atoms with Gasteiger partial charge in [-0.05, 0) is 26.7 Å². The van der Waals surface area contributed by atoms with Gasteiger partial charge in [0.2, 0.25) is 0 Å². The first-order valence-corrected chi connectivity index (χ1v) is 6.68. The summed E-state index contributed by atoms with van der Waals surface area (Å²) in [6.45, 7) is 11.3. The van der Waals surface area contributed by atoms with Gasteiger partial charge in [0.05, 0.1) is 0 Å². The van der Waals surface area contributed by atoms with E-state index in [4.69, 9.17) is 0 Å². The van der Waals surface area contributed by atoms with E-state index in [1.165, 1.54) is 38.8 Å². The van der Waals surface area contributed by atoms with Crippen molar-refractivity contribution >= 4 is 0 Å². The highest BCUT2D eigenvalue weighted by atomic mass is 15.3. The van der Waals surface area contributed by atoms with Crippen LogP contribution in [-0.4, -0.2) is 36.1 Å². The molecule has 1 N–H and O–H groups in total. The lowest BCUT2D eigenvalue weighted by molar-refractivity contribution is 0.0284. The summed E-state index contributed by atoms with van der Waals surface area (Å²) in [7, 11) is 0. The summed E-state index contributed by atoms with van der Waals surface area (Å²) in [4.78, 5) is 2.72. The van der Waals surface area contributed by atoms with Crippen molar-refractivity contribution in [1.29, 1.82) is 0 Å². The first-order valence-electron chi connectivity index (χ1n) is 6.68. The van der Waals surface area contributed by atoms with Gasteiger partial charge < -0.3 is 5.32 Å². The highest BCUT2D eigenvalue weighted by molar-refractivity contribution is 4.90. The summed E-state index contributed by atoms with van der Waals surface area (Å²) in [6, 6.07) is 2.41. The second kappa shape index (κ2) is 6.49. The molecule has 2 nitrogen and oxygen atoms in total. The van der Waals surface area contributed by atoms with Crippen molar-refractivity contribution in [1.82, 2.24) is 10.2 Å². The zero-order valence-corrected chi connectivity index (χ0v) is 10.9. The molecule has 2 unspecified atom stereocenters. The van der Waals surface area contributed by atoms with E-state index in [-0.39, 0.29) is 0 Å². The predicted octanol–water partition coefficient (Wildman–Crippen LogP) is 2.64. The topological polar surface area (TPSA) is 15.3 Å². The summed E-state index contributed by atoms with van der Waals surface area (Å²) in [5.41, 5.74) is 0. The minimum absolute atomic E-state index is 0.749. The summed E-state index contributed by atoms with van der Waals surface area (Å²) >= 11 is 0. The molecule has 0 bridgehead atoms. The second-order valence-electron chi connectivity index (χ2n) is 5.10. The van der Waals surface area contributed by atoms with Gasteiger partial charge in [0.1, 0.15) is 0 Å². The Bertz CT molecular complexity index is 153. The van der Waals surface area contributed by atoms with Gasteiger partial charge in [-0.2, -0.15) is 0 Å². The van der Waals surface area contributed by atoms with Crippen molar-refractivity contribution in [2.24, 2.45) is 0 Å². The quantitative estimate of drug-likeness (QED) is 0.719. The molecule has 0 aromatic rings. The second-order valence-corrected chi connectivity index (χ2v) is 5.10. The van der Waals surface area contributed by atoms with Gasteiger partial charge in [-0.3, -0.25) is 4.90 Å². The van der Waals surface area contributed by atoms with Crippen LogP contribution in [0.4, 0.5) is 0 Å². The van der Waals surface area contributed by atoms with E-state index in [1.807, 2.05) is 0 Å². The lowest BCUT2D eigenvalue weighted by Crippen LogP contribution is -2.60. The largest absolute Gasteiger partial charge is 0.314 e. The van der Waals surface area contributed by atoms with Gasteiger partial charge >= 0.3 is 0 Å². The van der Waals surface area contributed by atoms with Crippen molar-refractivity contribution in [3.8, 4) is 0 Å². The number of hydrogen-bond acceptors (Lipinski definition) is 2. The molecule has 1 heterocycles. The predicted molar refractivity (Wildman–Crippen MR) is 67.2 cm³/mol. The number of nitrogens with one attached hydrogen (secondary N) is 1. The molecular formula is C13H28N2. The molecule has 1 saturated carbocycles. The molecule has 0 aromatic carbocycles. The molecular weight excluding hydrogens is 184 g/mol. The molecule has 15 heavy (non-hydrogen) atoms. The molecule has 2 rings (SSSR count). The lowest BCUT2D eigenvalue weighted by Gasteiger charge is -2.48. The minimum Gasteiger partial charge on any atom is -0.314 e. The van der Waals surface area contributed by atoms with Gasteiger partial charge in [-0.15, -0.1) is 0 Å². The van der Waals surface area contributed by atoms with E-state index in [9.17, 15) is 0 Å². The third kappa shape index (κ3) is 3.46. The monoisotopic (exact) mass is 212 g/mol. The van der Waals surface area contributed by atoms with Crippen molar-refractivity contribution in [2.75, 3.05) is 13.1 Å². The van der Waals surface area contributed by atoms with Crippen LogP contribution >= 0.6 is 0 Å². The van der Waals surface area contributed by atoms with E-state index >= 15 is 0 Å². The van der Waals surface area contributed by atoms with E-state index in [1.54, 1.807) is 0 Å². The van der Waals surface area contributed by atoms with E-state index < -0.39 is 0 Å². The molecule has 90 valence electrons.